The van der Waals surface area contributed by atoms with Crippen LogP contribution in [0.5, 0.6) is 0 Å². The van der Waals surface area contributed by atoms with Gasteiger partial charge in [0.05, 0.1) is 5.25 Å². The number of hydrogen-bond donors (Lipinski definition) is 0. The Morgan fingerprint density at radius 1 is 1.46 bits per heavy atom. The van der Waals surface area contributed by atoms with Crippen LogP contribution in [0, 0.1) is 10.7 Å². The number of thioether (sulfide) groups is 1. The second-order valence-corrected chi connectivity index (χ2v) is 3.68. The lowest BCUT2D eigenvalue weighted by Gasteiger charge is -2.04. The van der Waals surface area contributed by atoms with Gasteiger partial charge in [0.15, 0.2) is 0 Å². The number of hydrogen-bond acceptors (Lipinski definition) is 3. The maximum Gasteiger partial charge on any atom is 0.138 e. The molecule has 1 atom stereocenters. The first kappa shape index (κ1) is 10.1. The smallest absolute Gasteiger partial charge is 0.138 e. The van der Waals surface area contributed by atoms with Crippen LogP contribution in [0.25, 0.3) is 0 Å². The molecule has 0 fully saturated rings. The van der Waals surface area contributed by atoms with E-state index in [1.54, 1.807) is 24.3 Å². The fourth-order valence-corrected chi connectivity index (χ4v) is 1.47. The van der Waals surface area contributed by atoms with Gasteiger partial charge in [-0.2, -0.15) is 5.26 Å². The minimum Gasteiger partial charge on any atom is -0.302 e. The van der Waals surface area contributed by atoms with Gasteiger partial charge < -0.3 is 4.79 Å². The van der Waals surface area contributed by atoms with Crippen LogP contribution in [0.1, 0.15) is 10.8 Å². The second kappa shape index (κ2) is 4.90. The van der Waals surface area contributed by atoms with E-state index in [1.165, 1.54) is 0 Å². The number of benzene rings is 1. The SMILES string of the molecule is N#CSC(C=O)c1ccc(Cl)cc1. The van der Waals surface area contributed by atoms with Crippen molar-refractivity contribution in [2.75, 3.05) is 0 Å². The Morgan fingerprint density at radius 2 is 2.08 bits per heavy atom. The van der Waals surface area contributed by atoms with Crippen molar-refractivity contribution < 1.29 is 4.79 Å². The number of carbonyl (C=O) groups excluding carboxylic acids is 1. The zero-order valence-corrected chi connectivity index (χ0v) is 8.18. The van der Waals surface area contributed by atoms with Gasteiger partial charge in [0.1, 0.15) is 11.7 Å². The van der Waals surface area contributed by atoms with Crippen LogP contribution < -0.4 is 0 Å². The van der Waals surface area contributed by atoms with Crippen LogP contribution in [-0.4, -0.2) is 6.29 Å². The molecule has 0 spiro atoms. The van der Waals surface area contributed by atoms with Gasteiger partial charge in [0, 0.05) is 5.02 Å². The molecule has 0 bridgehead atoms. The van der Waals surface area contributed by atoms with Crippen molar-refractivity contribution >= 4 is 29.6 Å². The normalized spacial score (nSPS) is 11.7. The van der Waals surface area contributed by atoms with Gasteiger partial charge in [-0.25, -0.2) is 0 Å². The van der Waals surface area contributed by atoms with E-state index in [0.717, 1.165) is 23.6 Å². The van der Waals surface area contributed by atoms with Crippen LogP contribution in [-0.2, 0) is 4.79 Å². The third-order valence-corrected chi connectivity index (χ3v) is 2.50. The number of rotatable bonds is 3. The molecule has 4 heteroatoms. The molecule has 0 radical (unpaired) electrons. The standard InChI is InChI=1S/C9H6ClNOS/c10-8-3-1-7(2-4-8)9(5-12)13-6-11/h1-5,9H. The van der Waals surface area contributed by atoms with E-state index in [2.05, 4.69) is 0 Å². The van der Waals surface area contributed by atoms with Crippen molar-refractivity contribution in [2.45, 2.75) is 5.25 Å². The van der Waals surface area contributed by atoms with Gasteiger partial charge in [-0.05, 0) is 29.5 Å². The first-order chi connectivity index (χ1) is 6.27. The van der Waals surface area contributed by atoms with E-state index in [1.807, 2.05) is 5.40 Å². The van der Waals surface area contributed by atoms with Crippen LogP contribution in [0.15, 0.2) is 24.3 Å². The summed E-state index contributed by atoms with van der Waals surface area (Å²) in [4.78, 5) is 10.6. The summed E-state index contributed by atoms with van der Waals surface area (Å²) in [6.07, 6.45) is 0.747. The fraction of sp³-hybridized carbons (Fsp3) is 0.111. The minimum absolute atomic E-state index is 0.415. The molecule has 13 heavy (non-hydrogen) atoms. The highest BCUT2D eigenvalue weighted by atomic mass is 35.5. The Labute approximate surface area is 85.5 Å². The lowest BCUT2D eigenvalue weighted by atomic mass is 10.2. The topological polar surface area (TPSA) is 40.9 Å². The molecule has 0 heterocycles. The van der Waals surface area contributed by atoms with Gasteiger partial charge in [0.25, 0.3) is 0 Å². The fourth-order valence-electron chi connectivity index (χ4n) is 0.884. The largest absolute Gasteiger partial charge is 0.302 e. The Balaban J connectivity index is 2.86. The first-order valence-corrected chi connectivity index (χ1v) is 4.79. The molecule has 0 amide bonds. The van der Waals surface area contributed by atoms with Gasteiger partial charge in [-0.15, -0.1) is 0 Å². The van der Waals surface area contributed by atoms with E-state index in [9.17, 15) is 4.79 Å². The molecule has 1 unspecified atom stereocenters. The summed E-state index contributed by atoms with van der Waals surface area (Å²) in [5, 5.41) is 10.5. The molecule has 0 aliphatic rings. The molecular weight excluding hydrogens is 206 g/mol. The molecule has 0 saturated carbocycles. The zero-order chi connectivity index (χ0) is 9.68. The Hall–Kier alpha value is -0.980. The third kappa shape index (κ3) is 2.76. The molecule has 66 valence electrons. The number of carbonyl (C=O) groups is 1. The van der Waals surface area contributed by atoms with E-state index < -0.39 is 5.25 Å². The van der Waals surface area contributed by atoms with Crippen molar-refractivity contribution in [3.8, 4) is 5.40 Å². The predicted octanol–water partition coefficient (Wildman–Crippen LogP) is 2.79. The minimum atomic E-state index is -0.415. The van der Waals surface area contributed by atoms with Crippen molar-refractivity contribution in [3.05, 3.63) is 34.9 Å². The van der Waals surface area contributed by atoms with Crippen LogP contribution in [0.4, 0.5) is 0 Å². The van der Waals surface area contributed by atoms with Gasteiger partial charge in [-0.1, -0.05) is 23.7 Å². The number of nitrogens with zero attached hydrogens (tertiary/aromatic N) is 1. The molecule has 0 aliphatic heterocycles. The van der Waals surface area contributed by atoms with E-state index in [0.29, 0.717) is 5.02 Å². The highest BCUT2D eigenvalue weighted by Gasteiger charge is 2.09. The Bertz CT molecular complexity index is 330. The molecule has 0 N–H and O–H groups in total. The number of aldehydes is 1. The quantitative estimate of drug-likeness (QED) is 0.570. The average Bonchev–Trinajstić information content (AvgIpc) is 2.16. The van der Waals surface area contributed by atoms with Crippen LogP contribution in [0.3, 0.4) is 0 Å². The summed E-state index contributed by atoms with van der Waals surface area (Å²) in [5.74, 6) is 0. The molecule has 1 aromatic carbocycles. The van der Waals surface area contributed by atoms with Gasteiger partial charge in [0.2, 0.25) is 0 Å². The van der Waals surface area contributed by atoms with E-state index in [-0.39, 0.29) is 0 Å². The molecule has 0 saturated heterocycles. The van der Waals surface area contributed by atoms with Crippen molar-refractivity contribution in [1.29, 1.82) is 5.26 Å². The Morgan fingerprint density at radius 3 is 2.54 bits per heavy atom. The Kier molecular flexibility index (Phi) is 3.81. The third-order valence-electron chi connectivity index (χ3n) is 1.50. The summed E-state index contributed by atoms with van der Waals surface area (Å²) in [5.41, 5.74) is 0.797. The monoisotopic (exact) mass is 211 g/mol. The van der Waals surface area contributed by atoms with Crippen molar-refractivity contribution in [3.63, 3.8) is 0 Å². The maximum atomic E-state index is 10.6. The lowest BCUT2D eigenvalue weighted by Crippen LogP contribution is -1.93. The van der Waals surface area contributed by atoms with Crippen molar-refractivity contribution in [2.24, 2.45) is 0 Å². The van der Waals surface area contributed by atoms with Crippen LogP contribution >= 0.6 is 23.4 Å². The van der Waals surface area contributed by atoms with E-state index >= 15 is 0 Å². The first-order valence-electron chi connectivity index (χ1n) is 3.53. The van der Waals surface area contributed by atoms with Crippen LogP contribution in [0.2, 0.25) is 5.02 Å². The summed E-state index contributed by atoms with van der Waals surface area (Å²) in [7, 11) is 0. The average molecular weight is 212 g/mol. The molecular formula is C9H6ClNOS. The predicted molar refractivity (Wildman–Crippen MR) is 53.5 cm³/mol. The summed E-state index contributed by atoms with van der Waals surface area (Å²) >= 11 is 6.61. The highest BCUT2D eigenvalue weighted by Crippen LogP contribution is 2.26. The number of thiocyanates is 1. The maximum absolute atomic E-state index is 10.6. The summed E-state index contributed by atoms with van der Waals surface area (Å²) < 4.78 is 0. The lowest BCUT2D eigenvalue weighted by molar-refractivity contribution is -0.107. The van der Waals surface area contributed by atoms with Crippen molar-refractivity contribution in [1.82, 2.24) is 0 Å². The van der Waals surface area contributed by atoms with Gasteiger partial charge >= 0.3 is 0 Å². The highest BCUT2D eigenvalue weighted by molar-refractivity contribution is 8.04. The second-order valence-electron chi connectivity index (χ2n) is 2.32. The number of nitriles is 1. The summed E-state index contributed by atoms with van der Waals surface area (Å²) in [6, 6.07) is 6.88. The zero-order valence-electron chi connectivity index (χ0n) is 6.61. The molecule has 1 aromatic rings. The molecule has 2 nitrogen and oxygen atoms in total. The summed E-state index contributed by atoms with van der Waals surface area (Å²) in [6.45, 7) is 0. The van der Waals surface area contributed by atoms with Gasteiger partial charge in [-0.3, -0.25) is 0 Å². The number of halogens is 1. The molecule has 0 aromatic heterocycles. The van der Waals surface area contributed by atoms with E-state index in [4.69, 9.17) is 16.9 Å². The molecule has 1 rings (SSSR count). The molecule has 0 aliphatic carbocycles.